The molecule has 0 radical (unpaired) electrons. The van der Waals surface area contributed by atoms with Gasteiger partial charge < -0.3 is 19.8 Å². The molecule has 0 aliphatic carbocycles. The molecule has 0 unspecified atom stereocenters. The predicted octanol–water partition coefficient (Wildman–Crippen LogP) is -2.13. The van der Waals surface area contributed by atoms with E-state index in [1.54, 1.807) is 27.7 Å². The van der Waals surface area contributed by atoms with Gasteiger partial charge in [-0.25, -0.2) is 0 Å². The van der Waals surface area contributed by atoms with Gasteiger partial charge in [-0.15, -0.1) is 0 Å². The van der Waals surface area contributed by atoms with Crippen LogP contribution < -0.4 is 10.2 Å². The third kappa shape index (κ3) is 18.6. The first kappa shape index (κ1) is 18.5. The standard InChI is InChI=1S/2C4H8O2.Sn.2H/c2*1-3(2)4(5)6;;;/h2*3H,1-2H3,(H,5,6);;;/q;;+2;;/p-2. The molecule has 5 heteroatoms. The maximum absolute atomic E-state index is 9.59. The van der Waals surface area contributed by atoms with Crippen molar-refractivity contribution < 1.29 is 19.8 Å². The van der Waals surface area contributed by atoms with Gasteiger partial charge >= 0.3 is 23.9 Å². The Kier molecular flexibility index (Phi) is 14.0. The van der Waals surface area contributed by atoms with E-state index in [-0.39, 0.29) is 35.7 Å². The number of aliphatic carboxylic acids is 2. The van der Waals surface area contributed by atoms with Crippen LogP contribution in [0, 0.1) is 11.8 Å². The predicted molar refractivity (Wildman–Crippen MR) is 48.2 cm³/mol. The SMILES string of the molecule is CC(C)C(=O)[O-].CC(C)C(=O)[O-].[SnH2+2]. The van der Waals surface area contributed by atoms with Crippen molar-refractivity contribution in [3.8, 4) is 0 Å². The topological polar surface area (TPSA) is 80.3 Å². The van der Waals surface area contributed by atoms with Gasteiger partial charge in [0.1, 0.15) is 0 Å². The van der Waals surface area contributed by atoms with Crippen molar-refractivity contribution in [1.82, 2.24) is 0 Å². The number of carboxylic acid groups (broad SMARTS) is 2. The molecule has 13 heavy (non-hydrogen) atoms. The Balaban J connectivity index is -0.000000143. The normalized spacial score (nSPS) is 8.46. The Morgan fingerprint density at radius 1 is 0.846 bits per heavy atom. The van der Waals surface area contributed by atoms with Gasteiger partial charge in [-0.2, -0.15) is 0 Å². The molecule has 0 heterocycles. The second-order valence-corrected chi connectivity index (χ2v) is 2.95. The zero-order valence-corrected chi connectivity index (χ0v) is 12.5. The molecule has 0 bridgehead atoms. The number of carbonyl (C=O) groups is 2. The van der Waals surface area contributed by atoms with Gasteiger partial charge in [0.05, 0.1) is 0 Å². The summed E-state index contributed by atoms with van der Waals surface area (Å²) >= 11 is 0. The molecule has 0 atom stereocenters. The first-order valence-corrected chi connectivity index (χ1v) is 3.70. The first-order valence-electron chi connectivity index (χ1n) is 3.70. The van der Waals surface area contributed by atoms with Crippen LogP contribution in [0.15, 0.2) is 0 Å². The number of carbonyl (C=O) groups excluding carboxylic acids is 2. The molecule has 0 aromatic carbocycles. The van der Waals surface area contributed by atoms with Crippen LogP contribution in [0.3, 0.4) is 0 Å². The monoisotopic (exact) mass is 296 g/mol. The van der Waals surface area contributed by atoms with E-state index in [9.17, 15) is 19.8 Å². The average Bonchev–Trinajstić information content (AvgIpc) is 1.88. The van der Waals surface area contributed by atoms with Gasteiger partial charge in [0.25, 0.3) is 0 Å². The Morgan fingerprint density at radius 2 is 0.923 bits per heavy atom. The molecule has 0 rings (SSSR count). The molecular formula is C8H16O4Sn. The van der Waals surface area contributed by atoms with Crippen LogP contribution in [-0.2, 0) is 9.59 Å². The van der Waals surface area contributed by atoms with Gasteiger partial charge in [0.15, 0.2) is 0 Å². The average molecular weight is 295 g/mol. The van der Waals surface area contributed by atoms with Crippen molar-refractivity contribution in [2.45, 2.75) is 27.7 Å². The molecule has 4 nitrogen and oxygen atoms in total. The molecule has 0 spiro atoms. The summed E-state index contributed by atoms with van der Waals surface area (Å²) in [6.45, 7) is 6.31. The summed E-state index contributed by atoms with van der Waals surface area (Å²) in [5, 5.41) is 19.2. The molecule has 0 saturated heterocycles. The van der Waals surface area contributed by atoms with E-state index in [1.807, 2.05) is 0 Å². The van der Waals surface area contributed by atoms with Crippen LogP contribution >= 0.6 is 0 Å². The van der Waals surface area contributed by atoms with Crippen LogP contribution in [-0.4, -0.2) is 35.8 Å². The summed E-state index contributed by atoms with van der Waals surface area (Å²) in [7, 11) is 0. The summed E-state index contributed by atoms with van der Waals surface area (Å²) in [5.74, 6) is -2.67. The molecule has 0 saturated carbocycles. The molecular weight excluding hydrogens is 279 g/mol. The molecule has 0 fully saturated rings. The zero-order valence-electron chi connectivity index (χ0n) is 8.49. The minimum atomic E-state index is -0.991. The number of rotatable bonds is 2. The van der Waals surface area contributed by atoms with E-state index in [0.717, 1.165) is 0 Å². The first-order chi connectivity index (χ1) is 5.29. The van der Waals surface area contributed by atoms with Gasteiger partial charge in [-0.05, 0) is 11.8 Å². The fourth-order valence-electron chi connectivity index (χ4n) is 0. The van der Waals surface area contributed by atoms with Crippen molar-refractivity contribution in [2.75, 3.05) is 0 Å². The number of hydrogen-bond acceptors (Lipinski definition) is 4. The van der Waals surface area contributed by atoms with Crippen LogP contribution in [0.2, 0.25) is 0 Å². The van der Waals surface area contributed by atoms with Crippen molar-refractivity contribution in [3.05, 3.63) is 0 Å². The Morgan fingerprint density at radius 3 is 0.923 bits per heavy atom. The van der Waals surface area contributed by atoms with Gasteiger partial charge in [0.2, 0.25) is 0 Å². The van der Waals surface area contributed by atoms with Crippen molar-refractivity contribution in [3.63, 3.8) is 0 Å². The summed E-state index contributed by atoms with van der Waals surface area (Å²) in [6.07, 6.45) is 0. The third-order valence-corrected chi connectivity index (χ3v) is 0.943. The summed E-state index contributed by atoms with van der Waals surface area (Å²) in [4.78, 5) is 19.2. The van der Waals surface area contributed by atoms with Gasteiger partial charge in [-0.1, -0.05) is 27.7 Å². The molecule has 0 aromatic heterocycles. The fraction of sp³-hybridized carbons (Fsp3) is 0.750. The molecule has 0 N–H and O–H groups in total. The third-order valence-electron chi connectivity index (χ3n) is 0.943. The maximum atomic E-state index is 9.59. The van der Waals surface area contributed by atoms with Gasteiger partial charge in [0, 0.05) is 11.9 Å². The molecule has 76 valence electrons. The summed E-state index contributed by atoms with van der Waals surface area (Å²) < 4.78 is 0. The van der Waals surface area contributed by atoms with Crippen LogP contribution in [0.25, 0.3) is 0 Å². The van der Waals surface area contributed by atoms with Crippen LogP contribution in [0.1, 0.15) is 27.7 Å². The van der Waals surface area contributed by atoms with E-state index in [4.69, 9.17) is 0 Å². The van der Waals surface area contributed by atoms with Crippen LogP contribution in [0.5, 0.6) is 0 Å². The summed E-state index contributed by atoms with van der Waals surface area (Å²) in [6, 6.07) is 0. The Labute approximate surface area is 95.3 Å². The Bertz CT molecular complexity index is 136. The molecule has 0 aromatic rings. The molecule has 0 aliphatic heterocycles. The summed E-state index contributed by atoms with van der Waals surface area (Å²) in [5.41, 5.74) is 0. The van der Waals surface area contributed by atoms with Gasteiger partial charge in [-0.3, -0.25) is 0 Å². The fourth-order valence-corrected chi connectivity index (χ4v) is 0. The second kappa shape index (κ2) is 9.82. The van der Waals surface area contributed by atoms with Crippen molar-refractivity contribution in [1.29, 1.82) is 0 Å². The second-order valence-electron chi connectivity index (χ2n) is 2.95. The van der Waals surface area contributed by atoms with Crippen molar-refractivity contribution in [2.24, 2.45) is 11.8 Å². The van der Waals surface area contributed by atoms with Crippen LogP contribution in [0.4, 0.5) is 0 Å². The zero-order chi connectivity index (χ0) is 10.3. The van der Waals surface area contributed by atoms with E-state index in [0.29, 0.717) is 0 Å². The van der Waals surface area contributed by atoms with Crippen molar-refractivity contribution >= 4 is 35.8 Å². The number of carboxylic acids is 2. The van der Waals surface area contributed by atoms with E-state index < -0.39 is 11.9 Å². The van der Waals surface area contributed by atoms with E-state index >= 15 is 0 Å². The quantitative estimate of drug-likeness (QED) is 0.545. The Hall–Kier alpha value is -0.261. The van der Waals surface area contributed by atoms with E-state index in [1.165, 1.54) is 0 Å². The molecule has 0 aliphatic rings. The molecule has 0 amide bonds. The number of hydrogen-bond donors (Lipinski definition) is 0. The van der Waals surface area contributed by atoms with E-state index in [2.05, 4.69) is 0 Å². The minimum absolute atomic E-state index is 0.